The Bertz CT molecular complexity index is 949. The predicted molar refractivity (Wildman–Crippen MR) is 86.4 cm³/mol. The molecule has 26 heavy (non-hydrogen) atoms. The summed E-state index contributed by atoms with van der Waals surface area (Å²) in [7, 11) is 0. The molecule has 0 bridgehead atoms. The van der Waals surface area contributed by atoms with Crippen LogP contribution in [0.1, 0.15) is 23.8 Å². The second kappa shape index (κ2) is 7.43. The maximum Gasteiger partial charge on any atom is 0.307 e. The Labute approximate surface area is 148 Å². The normalized spacial score (nSPS) is 11.7. The van der Waals surface area contributed by atoms with Gasteiger partial charge < -0.3 is 4.42 Å². The van der Waals surface area contributed by atoms with Gasteiger partial charge in [0.15, 0.2) is 0 Å². The summed E-state index contributed by atoms with van der Waals surface area (Å²) < 4.78 is 33.6. The third-order valence-electron chi connectivity index (χ3n) is 3.15. The number of halogens is 2. The van der Waals surface area contributed by atoms with Gasteiger partial charge in [0, 0.05) is 0 Å². The molecule has 3 rings (SSSR count). The zero-order valence-electron chi connectivity index (χ0n) is 13.2. The topological polar surface area (TPSA) is 117 Å². The zero-order valence-corrected chi connectivity index (χ0v) is 14.0. The van der Waals surface area contributed by atoms with Gasteiger partial charge in [-0.1, -0.05) is 11.8 Å². The van der Waals surface area contributed by atoms with Crippen LogP contribution in [0, 0.1) is 10.1 Å². The maximum atomic E-state index is 12.9. The van der Waals surface area contributed by atoms with E-state index in [2.05, 4.69) is 20.4 Å². The first kappa shape index (κ1) is 17.7. The molecule has 0 aliphatic heterocycles. The molecular weight excluding hydrogens is 372 g/mol. The number of hydrogen-bond acceptors (Lipinski definition) is 8. The van der Waals surface area contributed by atoms with Crippen LogP contribution in [-0.2, 0) is 6.54 Å². The second-order valence-corrected chi connectivity index (χ2v) is 5.63. The monoisotopic (exact) mass is 383 g/mol. The first-order valence-electron chi connectivity index (χ1n) is 7.05. The van der Waals surface area contributed by atoms with E-state index in [9.17, 15) is 18.9 Å². The van der Waals surface area contributed by atoms with Gasteiger partial charge in [0.1, 0.15) is 23.9 Å². The van der Waals surface area contributed by atoms with Gasteiger partial charge in [-0.3, -0.25) is 14.8 Å². The molecular formula is C13H11F2N7O3S. The molecule has 0 spiro atoms. The van der Waals surface area contributed by atoms with Gasteiger partial charge in [0.25, 0.3) is 6.43 Å². The molecule has 0 N–H and O–H groups in total. The Kier molecular flexibility index (Phi) is 5.06. The summed E-state index contributed by atoms with van der Waals surface area (Å²) in [6.07, 6.45) is 2.51. The van der Waals surface area contributed by atoms with E-state index in [0.717, 1.165) is 22.6 Å². The van der Waals surface area contributed by atoms with Gasteiger partial charge in [-0.25, -0.2) is 8.78 Å². The van der Waals surface area contributed by atoms with Gasteiger partial charge in [-0.2, -0.15) is 14.9 Å². The molecule has 3 aromatic heterocycles. The molecule has 13 heteroatoms. The molecule has 0 radical (unpaired) electrons. The first-order chi connectivity index (χ1) is 12.5. The average molecular weight is 383 g/mol. The van der Waals surface area contributed by atoms with Crippen molar-refractivity contribution in [2.75, 3.05) is 6.26 Å². The third-order valence-corrected chi connectivity index (χ3v) is 3.76. The van der Waals surface area contributed by atoms with Crippen molar-refractivity contribution in [2.24, 2.45) is 5.10 Å². The van der Waals surface area contributed by atoms with Crippen LogP contribution in [0.25, 0.3) is 0 Å². The van der Waals surface area contributed by atoms with Crippen LogP contribution >= 0.6 is 11.8 Å². The smallest absolute Gasteiger partial charge is 0.307 e. The van der Waals surface area contributed by atoms with Gasteiger partial charge in [0.05, 0.1) is 17.7 Å². The van der Waals surface area contributed by atoms with E-state index in [1.165, 1.54) is 17.1 Å². The summed E-state index contributed by atoms with van der Waals surface area (Å²) in [5.41, 5.74) is -0.130. The van der Waals surface area contributed by atoms with Crippen molar-refractivity contribution in [3.63, 3.8) is 0 Å². The largest absolute Gasteiger partial charge is 0.458 e. The number of alkyl halides is 2. The van der Waals surface area contributed by atoms with Crippen molar-refractivity contribution in [1.82, 2.24) is 24.7 Å². The van der Waals surface area contributed by atoms with E-state index in [4.69, 9.17) is 4.42 Å². The summed E-state index contributed by atoms with van der Waals surface area (Å²) in [5.74, 6) is 0.205. The van der Waals surface area contributed by atoms with Gasteiger partial charge >= 0.3 is 5.69 Å². The Balaban J connectivity index is 1.75. The van der Waals surface area contributed by atoms with Crippen molar-refractivity contribution in [3.8, 4) is 0 Å². The van der Waals surface area contributed by atoms with Crippen LogP contribution < -0.4 is 0 Å². The Morgan fingerprint density at radius 1 is 1.46 bits per heavy atom. The fraction of sp³-hybridized carbons (Fsp3) is 0.231. The van der Waals surface area contributed by atoms with Gasteiger partial charge in [0.2, 0.25) is 11.0 Å². The summed E-state index contributed by atoms with van der Waals surface area (Å²) >= 11 is 1.13. The Morgan fingerprint density at radius 2 is 2.27 bits per heavy atom. The van der Waals surface area contributed by atoms with E-state index in [0.29, 0.717) is 11.5 Å². The molecule has 0 saturated carbocycles. The molecule has 0 aliphatic rings. The molecule has 0 atom stereocenters. The van der Waals surface area contributed by atoms with E-state index in [1.54, 1.807) is 18.4 Å². The fourth-order valence-electron chi connectivity index (χ4n) is 2.01. The zero-order chi connectivity index (χ0) is 18.7. The van der Waals surface area contributed by atoms with Crippen molar-refractivity contribution < 1.29 is 18.1 Å². The van der Waals surface area contributed by atoms with Crippen LogP contribution in [0.5, 0.6) is 0 Å². The van der Waals surface area contributed by atoms with Gasteiger partial charge in [-0.15, -0.1) is 10.2 Å². The standard InChI is InChI=1S/C13H11F2N7O3S/c1-26-13-19-18-12(11(14)15)21(13)17-5-9-2-3-10(25-9)7-20-6-8(4-16-20)22(23)24/h2-6,11H,7H2,1H3/b17-5+. The van der Waals surface area contributed by atoms with Crippen molar-refractivity contribution >= 4 is 23.7 Å². The highest BCUT2D eigenvalue weighted by Gasteiger charge is 2.19. The molecule has 0 aromatic carbocycles. The van der Waals surface area contributed by atoms with Crippen molar-refractivity contribution in [3.05, 3.63) is 52.0 Å². The van der Waals surface area contributed by atoms with Crippen LogP contribution in [0.2, 0.25) is 0 Å². The van der Waals surface area contributed by atoms with Crippen LogP contribution in [-0.4, -0.2) is 42.0 Å². The molecule has 136 valence electrons. The molecule has 0 fully saturated rings. The van der Waals surface area contributed by atoms with Gasteiger partial charge in [-0.05, 0) is 18.4 Å². The minimum atomic E-state index is -2.82. The summed E-state index contributed by atoms with van der Waals surface area (Å²) in [6.45, 7) is 0.173. The molecule has 3 aromatic rings. The highest BCUT2D eigenvalue weighted by molar-refractivity contribution is 7.98. The van der Waals surface area contributed by atoms with E-state index < -0.39 is 17.2 Å². The molecule has 3 heterocycles. The van der Waals surface area contributed by atoms with E-state index in [-0.39, 0.29) is 17.4 Å². The number of aromatic nitrogens is 5. The lowest BCUT2D eigenvalue weighted by atomic mass is 10.4. The number of furan rings is 1. The summed E-state index contributed by atoms with van der Waals surface area (Å²) in [6, 6.07) is 3.21. The lowest BCUT2D eigenvalue weighted by Gasteiger charge is -2.00. The minimum Gasteiger partial charge on any atom is -0.458 e. The highest BCUT2D eigenvalue weighted by atomic mass is 32.2. The fourth-order valence-corrected chi connectivity index (χ4v) is 2.44. The molecule has 0 amide bonds. The quantitative estimate of drug-likeness (QED) is 0.266. The number of rotatable bonds is 7. The first-order valence-corrected chi connectivity index (χ1v) is 8.27. The lowest BCUT2D eigenvalue weighted by Crippen LogP contribution is -2.00. The molecule has 0 unspecified atom stereocenters. The van der Waals surface area contributed by atoms with Crippen LogP contribution in [0.15, 0.2) is 39.2 Å². The number of thioether (sulfide) groups is 1. The van der Waals surface area contributed by atoms with Crippen molar-refractivity contribution in [2.45, 2.75) is 18.1 Å². The average Bonchev–Trinajstić information content (AvgIpc) is 3.32. The number of nitrogens with zero attached hydrogens (tertiary/aromatic N) is 7. The summed E-state index contributed by atoms with van der Waals surface area (Å²) in [4.78, 5) is 10.1. The minimum absolute atomic E-state index is 0.130. The SMILES string of the molecule is CSc1nnc(C(F)F)n1/N=C/c1ccc(Cn2cc([N+](=O)[O-])cn2)o1. The Morgan fingerprint density at radius 3 is 2.92 bits per heavy atom. The van der Waals surface area contributed by atoms with Crippen LogP contribution in [0.4, 0.5) is 14.5 Å². The third kappa shape index (κ3) is 3.77. The lowest BCUT2D eigenvalue weighted by molar-refractivity contribution is -0.385. The van der Waals surface area contributed by atoms with E-state index in [1.807, 2.05) is 0 Å². The number of nitro groups is 1. The summed E-state index contributed by atoms with van der Waals surface area (Å²) in [5, 5.41) is 25.7. The van der Waals surface area contributed by atoms with Crippen molar-refractivity contribution in [1.29, 1.82) is 0 Å². The molecule has 0 aliphatic carbocycles. The maximum absolute atomic E-state index is 12.9. The Hall–Kier alpha value is -3.09. The number of hydrogen-bond donors (Lipinski definition) is 0. The highest BCUT2D eigenvalue weighted by Crippen LogP contribution is 2.21. The predicted octanol–water partition coefficient (Wildman–Crippen LogP) is 2.57. The molecule has 0 saturated heterocycles. The molecule has 10 nitrogen and oxygen atoms in total. The van der Waals surface area contributed by atoms with E-state index >= 15 is 0 Å². The second-order valence-electron chi connectivity index (χ2n) is 4.86. The van der Waals surface area contributed by atoms with Crippen LogP contribution in [0.3, 0.4) is 0 Å².